The summed E-state index contributed by atoms with van der Waals surface area (Å²) in [5.41, 5.74) is 0. The van der Waals surface area contributed by atoms with E-state index in [2.05, 4.69) is 44.7 Å². The molecule has 0 radical (unpaired) electrons. The zero-order valence-electron chi connectivity index (χ0n) is 10.9. The molecule has 0 bridgehead atoms. The number of nitrogens with zero attached hydrogens (tertiary/aromatic N) is 1. The first kappa shape index (κ1) is 12.8. The van der Waals surface area contributed by atoms with Gasteiger partial charge < -0.3 is 0 Å². The molecule has 1 atom stereocenters. The van der Waals surface area contributed by atoms with Crippen LogP contribution in [0.25, 0.3) is 0 Å². The average Bonchev–Trinajstić information content (AvgIpc) is 2.11. The maximum atomic E-state index is 2.64. The minimum atomic E-state index is 0.702. The van der Waals surface area contributed by atoms with E-state index in [9.17, 15) is 0 Å². The molecule has 0 aromatic carbocycles. The van der Waals surface area contributed by atoms with Crippen LogP contribution in [0.4, 0.5) is 0 Å². The normalized spacial score (nSPS) is 22.9. The van der Waals surface area contributed by atoms with Crippen LogP contribution in [0.3, 0.4) is 0 Å². The summed E-state index contributed by atoms with van der Waals surface area (Å²) in [4.78, 5) is 2.64. The van der Waals surface area contributed by atoms with Crippen LogP contribution >= 0.6 is 0 Å². The van der Waals surface area contributed by atoms with Gasteiger partial charge in [-0.1, -0.05) is 39.8 Å². The molecule has 0 saturated carbocycles. The molecule has 1 heterocycles. The zero-order chi connectivity index (χ0) is 11.3. The van der Waals surface area contributed by atoms with Crippen molar-refractivity contribution in [1.82, 2.24) is 4.90 Å². The Kier molecular flexibility index (Phi) is 5.38. The van der Waals surface area contributed by atoms with Gasteiger partial charge in [-0.2, -0.15) is 0 Å². The minimum Gasteiger partial charge on any atom is -0.300 e. The summed E-state index contributed by atoms with van der Waals surface area (Å²) in [5.74, 6) is 1.55. The highest BCUT2D eigenvalue weighted by Crippen LogP contribution is 2.23. The van der Waals surface area contributed by atoms with Crippen LogP contribution < -0.4 is 0 Å². The summed E-state index contributed by atoms with van der Waals surface area (Å²) in [5, 5.41) is 0. The first-order valence-corrected chi connectivity index (χ1v) is 6.50. The quantitative estimate of drug-likeness (QED) is 0.603. The van der Waals surface area contributed by atoms with Crippen molar-refractivity contribution in [1.29, 1.82) is 0 Å². The molecular formula is C14H27N. The van der Waals surface area contributed by atoms with E-state index in [1.165, 1.54) is 32.4 Å². The van der Waals surface area contributed by atoms with Crippen molar-refractivity contribution in [3.63, 3.8) is 0 Å². The van der Waals surface area contributed by atoms with Gasteiger partial charge in [0.2, 0.25) is 0 Å². The van der Waals surface area contributed by atoms with E-state index < -0.39 is 0 Å². The Morgan fingerprint density at radius 2 is 2.00 bits per heavy atom. The fourth-order valence-corrected chi connectivity index (χ4v) is 2.21. The predicted molar refractivity (Wildman–Crippen MR) is 68.0 cm³/mol. The summed E-state index contributed by atoms with van der Waals surface area (Å²) in [6.07, 6.45) is 8.69. The third-order valence-corrected chi connectivity index (χ3v) is 3.11. The summed E-state index contributed by atoms with van der Waals surface area (Å²) < 4.78 is 0. The number of rotatable bonds is 6. The Morgan fingerprint density at radius 1 is 1.27 bits per heavy atom. The van der Waals surface area contributed by atoms with Crippen molar-refractivity contribution in [2.24, 2.45) is 11.8 Å². The van der Waals surface area contributed by atoms with Crippen molar-refractivity contribution < 1.29 is 0 Å². The van der Waals surface area contributed by atoms with E-state index in [-0.39, 0.29) is 0 Å². The Labute approximate surface area is 95.5 Å². The Morgan fingerprint density at radius 3 is 2.47 bits per heavy atom. The molecule has 0 aromatic rings. The van der Waals surface area contributed by atoms with Crippen LogP contribution in [0.5, 0.6) is 0 Å². The maximum Gasteiger partial charge on any atom is 0.0110 e. The Hall–Kier alpha value is -0.300. The highest BCUT2D eigenvalue weighted by Gasteiger charge is 2.27. The largest absolute Gasteiger partial charge is 0.300 e. The van der Waals surface area contributed by atoms with Gasteiger partial charge in [-0.15, -0.1) is 0 Å². The molecule has 0 aromatic heterocycles. The van der Waals surface area contributed by atoms with Crippen molar-refractivity contribution in [3.8, 4) is 0 Å². The molecule has 0 N–H and O–H groups in total. The molecule has 1 rings (SSSR count). The van der Waals surface area contributed by atoms with Crippen LogP contribution in [0, 0.1) is 11.8 Å². The molecule has 1 heteroatoms. The Balaban J connectivity index is 2.11. The predicted octanol–water partition coefficient (Wildman–Crippen LogP) is 3.71. The van der Waals surface area contributed by atoms with Gasteiger partial charge in [0.15, 0.2) is 0 Å². The standard InChI is InChI=1S/C14H27N/c1-12(2)7-5-6-9-15-10-8-14(15)11-13(3)4/h5,7,12-14H,6,8-11H2,1-4H3/b7-5+/t14-/m0/s1. The number of hydrogen-bond acceptors (Lipinski definition) is 1. The lowest BCUT2D eigenvalue weighted by Gasteiger charge is -2.42. The molecule has 1 fully saturated rings. The third kappa shape index (κ3) is 4.83. The van der Waals surface area contributed by atoms with Crippen LogP contribution in [0.15, 0.2) is 12.2 Å². The lowest BCUT2D eigenvalue weighted by molar-refractivity contribution is 0.0764. The van der Waals surface area contributed by atoms with Gasteiger partial charge in [-0.3, -0.25) is 4.90 Å². The first-order valence-electron chi connectivity index (χ1n) is 6.50. The summed E-state index contributed by atoms with van der Waals surface area (Å²) in [6, 6.07) is 0.887. The van der Waals surface area contributed by atoms with Crippen molar-refractivity contribution in [2.45, 2.75) is 53.0 Å². The number of likely N-dealkylation sites (tertiary alicyclic amines) is 1. The van der Waals surface area contributed by atoms with E-state index in [0.717, 1.165) is 12.0 Å². The molecule has 1 nitrogen and oxygen atoms in total. The molecule has 0 amide bonds. The van der Waals surface area contributed by atoms with E-state index in [1.54, 1.807) is 0 Å². The molecule has 0 spiro atoms. The second-order valence-electron chi connectivity index (χ2n) is 5.57. The SMILES string of the molecule is CC(C)/C=C/CCN1CC[C@H]1CC(C)C. The molecule has 0 unspecified atom stereocenters. The molecule has 1 saturated heterocycles. The van der Waals surface area contributed by atoms with Crippen LogP contribution in [-0.2, 0) is 0 Å². The fraction of sp³-hybridized carbons (Fsp3) is 0.857. The van der Waals surface area contributed by atoms with Gasteiger partial charge in [0.1, 0.15) is 0 Å². The molecule has 1 aliphatic heterocycles. The Bertz CT molecular complexity index is 194. The highest BCUT2D eigenvalue weighted by molar-refractivity contribution is 4.89. The fourth-order valence-electron chi connectivity index (χ4n) is 2.21. The summed E-state index contributed by atoms with van der Waals surface area (Å²) in [7, 11) is 0. The zero-order valence-corrected chi connectivity index (χ0v) is 10.9. The lowest BCUT2D eigenvalue weighted by atomic mass is 9.93. The van der Waals surface area contributed by atoms with Gasteiger partial charge in [0.25, 0.3) is 0 Å². The lowest BCUT2D eigenvalue weighted by Crippen LogP contribution is -2.48. The van der Waals surface area contributed by atoms with E-state index >= 15 is 0 Å². The van der Waals surface area contributed by atoms with Crippen molar-refractivity contribution >= 4 is 0 Å². The topological polar surface area (TPSA) is 3.24 Å². The van der Waals surface area contributed by atoms with Crippen molar-refractivity contribution in [2.75, 3.05) is 13.1 Å². The molecule has 15 heavy (non-hydrogen) atoms. The number of allylic oxidation sites excluding steroid dienone is 1. The van der Waals surface area contributed by atoms with Gasteiger partial charge in [-0.05, 0) is 37.6 Å². The van der Waals surface area contributed by atoms with E-state index in [1.807, 2.05) is 0 Å². The third-order valence-electron chi connectivity index (χ3n) is 3.11. The summed E-state index contributed by atoms with van der Waals surface area (Å²) >= 11 is 0. The van der Waals surface area contributed by atoms with E-state index in [0.29, 0.717) is 5.92 Å². The van der Waals surface area contributed by atoms with Gasteiger partial charge >= 0.3 is 0 Å². The molecule has 0 aliphatic carbocycles. The molecule has 88 valence electrons. The van der Waals surface area contributed by atoms with Crippen LogP contribution in [0.2, 0.25) is 0 Å². The van der Waals surface area contributed by atoms with E-state index in [4.69, 9.17) is 0 Å². The highest BCUT2D eigenvalue weighted by atomic mass is 15.2. The second-order valence-corrected chi connectivity index (χ2v) is 5.57. The second kappa shape index (κ2) is 6.32. The number of hydrogen-bond donors (Lipinski definition) is 0. The minimum absolute atomic E-state index is 0.702. The van der Waals surface area contributed by atoms with Crippen molar-refractivity contribution in [3.05, 3.63) is 12.2 Å². The van der Waals surface area contributed by atoms with Gasteiger partial charge in [0, 0.05) is 12.6 Å². The average molecular weight is 209 g/mol. The smallest absolute Gasteiger partial charge is 0.0110 e. The maximum absolute atomic E-state index is 2.64. The monoisotopic (exact) mass is 209 g/mol. The van der Waals surface area contributed by atoms with Crippen LogP contribution in [0.1, 0.15) is 47.0 Å². The van der Waals surface area contributed by atoms with Gasteiger partial charge in [0.05, 0.1) is 0 Å². The molecule has 1 aliphatic rings. The van der Waals surface area contributed by atoms with Crippen LogP contribution in [-0.4, -0.2) is 24.0 Å². The first-order chi connectivity index (χ1) is 7.09. The molecular weight excluding hydrogens is 182 g/mol. The summed E-state index contributed by atoms with van der Waals surface area (Å²) in [6.45, 7) is 11.7. The van der Waals surface area contributed by atoms with Gasteiger partial charge in [-0.25, -0.2) is 0 Å².